The molecule has 2 aromatic carbocycles. The van der Waals surface area contributed by atoms with Crippen LogP contribution in [-0.2, 0) is 4.79 Å². The minimum Gasteiger partial charge on any atom is -0.497 e. The Labute approximate surface area is 147 Å². The number of hydrogen-bond acceptors (Lipinski definition) is 3. The third kappa shape index (κ3) is 3.92. The van der Waals surface area contributed by atoms with Crippen molar-refractivity contribution in [3.05, 3.63) is 59.9 Å². The van der Waals surface area contributed by atoms with Crippen LogP contribution in [0.5, 0.6) is 11.5 Å². The van der Waals surface area contributed by atoms with E-state index in [0.717, 1.165) is 24.2 Å². The van der Waals surface area contributed by atoms with Crippen LogP contribution in [-0.4, -0.2) is 30.6 Å². The number of methoxy groups -OCH3 is 1. The van der Waals surface area contributed by atoms with Crippen molar-refractivity contribution in [1.82, 2.24) is 4.90 Å². The van der Waals surface area contributed by atoms with Crippen molar-refractivity contribution in [3.8, 4) is 11.5 Å². The number of hydrogen-bond donors (Lipinski definition) is 0. The molecule has 0 unspecified atom stereocenters. The van der Waals surface area contributed by atoms with Gasteiger partial charge < -0.3 is 14.4 Å². The van der Waals surface area contributed by atoms with Gasteiger partial charge in [0.15, 0.2) is 6.10 Å². The summed E-state index contributed by atoms with van der Waals surface area (Å²) in [6.07, 6.45) is 1.25. The lowest BCUT2D eigenvalue weighted by Crippen LogP contribution is -2.40. The molecule has 2 atom stereocenters. The zero-order chi connectivity index (χ0) is 17.8. The Morgan fingerprint density at radius 3 is 2.68 bits per heavy atom. The molecule has 0 N–H and O–H groups in total. The lowest BCUT2D eigenvalue weighted by Gasteiger charge is -2.28. The third-order valence-electron chi connectivity index (χ3n) is 4.49. The molecule has 25 heavy (non-hydrogen) atoms. The van der Waals surface area contributed by atoms with Crippen molar-refractivity contribution in [2.45, 2.75) is 31.9 Å². The van der Waals surface area contributed by atoms with Gasteiger partial charge in [0.05, 0.1) is 13.2 Å². The smallest absolute Gasteiger partial charge is 0.263 e. The summed E-state index contributed by atoms with van der Waals surface area (Å²) < 4.78 is 24.0. The van der Waals surface area contributed by atoms with Crippen LogP contribution in [0.25, 0.3) is 0 Å². The van der Waals surface area contributed by atoms with E-state index in [9.17, 15) is 9.18 Å². The fourth-order valence-corrected chi connectivity index (χ4v) is 3.23. The van der Waals surface area contributed by atoms with E-state index in [0.29, 0.717) is 12.3 Å². The summed E-state index contributed by atoms with van der Waals surface area (Å²) in [5, 5.41) is 0. The number of rotatable bonds is 5. The molecule has 0 spiro atoms. The van der Waals surface area contributed by atoms with Gasteiger partial charge in [0.1, 0.15) is 17.3 Å². The maximum Gasteiger partial charge on any atom is 0.263 e. The van der Waals surface area contributed by atoms with E-state index in [1.165, 1.54) is 24.3 Å². The van der Waals surface area contributed by atoms with Gasteiger partial charge in [-0.25, -0.2) is 4.39 Å². The van der Waals surface area contributed by atoms with Crippen molar-refractivity contribution in [2.24, 2.45) is 0 Å². The summed E-state index contributed by atoms with van der Waals surface area (Å²) in [4.78, 5) is 14.7. The Morgan fingerprint density at radius 2 is 1.96 bits per heavy atom. The fraction of sp³-hybridized carbons (Fsp3) is 0.350. The van der Waals surface area contributed by atoms with Gasteiger partial charge in [-0.3, -0.25) is 4.79 Å². The molecule has 3 rings (SSSR count). The summed E-state index contributed by atoms with van der Waals surface area (Å²) in [5.41, 5.74) is 1.07. The first-order chi connectivity index (χ1) is 12.1. The van der Waals surface area contributed by atoms with E-state index in [4.69, 9.17) is 9.47 Å². The van der Waals surface area contributed by atoms with Gasteiger partial charge in [-0.2, -0.15) is 0 Å². The van der Waals surface area contributed by atoms with E-state index in [1.54, 1.807) is 14.0 Å². The fourth-order valence-electron chi connectivity index (χ4n) is 3.23. The molecule has 0 aromatic heterocycles. The summed E-state index contributed by atoms with van der Waals surface area (Å²) in [6, 6.07) is 13.6. The van der Waals surface area contributed by atoms with Crippen LogP contribution in [0.3, 0.4) is 0 Å². The molecule has 1 heterocycles. The highest BCUT2D eigenvalue weighted by Crippen LogP contribution is 2.34. The van der Waals surface area contributed by atoms with Crippen LogP contribution in [0.1, 0.15) is 31.4 Å². The van der Waals surface area contributed by atoms with Crippen molar-refractivity contribution < 1.29 is 18.7 Å². The number of carbonyl (C=O) groups excluding carboxylic acids is 1. The van der Waals surface area contributed by atoms with Crippen LogP contribution in [0.15, 0.2) is 48.5 Å². The first-order valence-corrected chi connectivity index (χ1v) is 8.45. The lowest BCUT2D eigenvalue weighted by atomic mass is 10.0. The third-order valence-corrected chi connectivity index (χ3v) is 4.49. The van der Waals surface area contributed by atoms with Gasteiger partial charge in [-0.05, 0) is 61.7 Å². The van der Waals surface area contributed by atoms with Gasteiger partial charge in [-0.15, -0.1) is 0 Å². The maximum absolute atomic E-state index is 13.0. The standard InChI is InChI=1S/C20H22FNO3/c1-14(25-17-10-8-16(21)9-11-17)20(23)22-12-4-7-19(22)15-5-3-6-18(13-15)24-2/h3,5-6,8-11,13-14,19H,4,7,12H2,1-2H3/t14-,19+/m1/s1. The molecule has 1 aliphatic rings. The number of halogens is 1. The van der Waals surface area contributed by atoms with Crippen LogP contribution in [0.2, 0.25) is 0 Å². The second kappa shape index (κ2) is 7.55. The summed E-state index contributed by atoms with van der Waals surface area (Å²) in [7, 11) is 1.63. The molecular weight excluding hydrogens is 321 g/mol. The molecule has 0 bridgehead atoms. The SMILES string of the molecule is COc1cccc([C@@H]2CCCN2C(=O)[C@@H](C)Oc2ccc(F)cc2)c1. The van der Waals surface area contributed by atoms with Crippen LogP contribution < -0.4 is 9.47 Å². The molecule has 1 saturated heterocycles. The van der Waals surface area contributed by atoms with Gasteiger partial charge >= 0.3 is 0 Å². The molecule has 1 fully saturated rings. The quantitative estimate of drug-likeness (QED) is 0.825. The predicted molar refractivity (Wildman–Crippen MR) is 93.2 cm³/mol. The zero-order valence-corrected chi connectivity index (χ0v) is 14.4. The first-order valence-electron chi connectivity index (χ1n) is 8.45. The van der Waals surface area contributed by atoms with Gasteiger partial charge in [-0.1, -0.05) is 12.1 Å². The Balaban J connectivity index is 1.72. The highest BCUT2D eigenvalue weighted by Gasteiger charge is 2.33. The monoisotopic (exact) mass is 343 g/mol. The molecule has 5 heteroatoms. The Kier molecular flexibility index (Phi) is 5.22. The molecule has 1 amide bonds. The largest absolute Gasteiger partial charge is 0.497 e. The molecular formula is C20H22FNO3. The first kappa shape index (κ1) is 17.3. The van der Waals surface area contributed by atoms with Gasteiger partial charge in [0.25, 0.3) is 5.91 Å². The molecule has 132 valence electrons. The maximum atomic E-state index is 13.0. The van der Waals surface area contributed by atoms with E-state index in [-0.39, 0.29) is 17.8 Å². The van der Waals surface area contributed by atoms with Crippen LogP contribution in [0.4, 0.5) is 4.39 Å². The summed E-state index contributed by atoms with van der Waals surface area (Å²) >= 11 is 0. The van der Waals surface area contributed by atoms with E-state index in [2.05, 4.69) is 0 Å². The number of likely N-dealkylation sites (tertiary alicyclic amines) is 1. The second-order valence-electron chi connectivity index (χ2n) is 6.18. The van der Waals surface area contributed by atoms with Crippen molar-refractivity contribution in [2.75, 3.05) is 13.7 Å². The number of benzene rings is 2. The number of nitrogens with zero attached hydrogens (tertiary/aromatic N) is 1. The average Bonchev–Trinajstić information content (AvgIpc) is 3.12. The normalized spacial score (nSPS) is 18.0. The topological polar surface area (TPSA) is 38.8 Å². The minimum absolute atomic E-state index is 0.0295. The number of amides is 1. The Hall–Kier alpha value is -2.56. The van der Waals surface area contributed by atoms with Crippen LogP contribution >= 0.6 is 0 Å². The van der Waals surface area contributed by atoms with E-state index < -0.39 is 6.10 Å². The lowest BCUT2D eigenvalue weighted by molar-refractivity contribution is -0.138. The van der Waals surface area contributed by atoms with Crippen molar-refractivity contribution >= 4 is 5.91 Å². The average molecular weight is 343 g/mol. The van der Waals surface area contributed by atoms with Crippen LogP contribution in [0, 0.1) is 5.82 Å². The number of carbonyl (C=O) groups is 1. The van der Waals surface area contributed by atoms with Gasteiger partial charge in [0.2, 0.25) is 0 Å². The Bertz CT molecular complexity index is 732. The molecule has 0 saturated carbocycles. The number of ether oxygens (including phenoxy) is 2. The molecule has 1 aliphatic heterocycles. The summed E-state index contributed by atoms with van der Waals surface area (Å²) in [5.74, 6) is 0.880. The Morgan fingerprint density at radius 1 is 1.20 bits per heavy atom. The van der Waals surface area contributed by atoms with Crippen molar-refractivity contribution in [3.63, 3.8) is 0 Å². The van der Waals surface area contributed by atoms with E-state index in [1.807, 2.05) is 29.2 Å². The van der Waals surface area contributed by atoms with Gasteiger partial charge in [0, 0.05) is 6.54 Å². The highest BCUT2D eigenvalue weighted by molar-refractivity contribution is 5.81. The molecule has 0 radical (unpaired) electrons. The second-order valence-corrected chi connectivity index (χ2v) is 6.18. The zero-order valence-electron chi connectivity index (χ0n) is 14.4. The minimum atomic E-state index is -0.628. The van der Waals surface area contributed by atoms with E-state index >= 15 is 0 Å². The molecule has 0 aliphatic carbocycles. The highest BCUT2D eigenvalue weighted by atomic mass is 19.1. The predicted octanol–water partition coefficient (Wildman–Crippen LogP) is 3.97. The summed E-state index contributed by atoms with van der Waals surface area (Å²) in [6.45, 7) is 2.43. The molecule has 2 aromatic rings. The van der Waals surface area contributed by atoms with Crippen molar-refractivity contribution in [1.29, 1.82) is 0 Å². The molecule has 4 nitrogen and oxygen atoms in total.